The molecule has 0 amide bonds. The molecule has 0 aliphatic carbocycles. The van der Waals surface area contributed by atoms with Gasteiger partial charge in [-0.3, -0.25) is 0 Å². The van der Waals surface area contributed by atoms with Gasteiger partial charge in [-0.1, -0.05) is 11.6 Å². The topological polar surface area (TPSA) is 12.0 Å². The van der Waals surface area contributed by atoms with Crippen molar-refractivity contribution in [1.29, 1.82) is 0 Å². The summed E-state index contributed by atoms with van der Waals surface area (Å²) in [5.41, 5.74) is -0.600. The van der Waals surface area contributed by atoms with Gasteiger partial charge < -0.3 is 5.32 Å². The Bertz CT molecular complexity index is 403. The maximum Gasteiger partial charge on any atom is 0.276 e. The van der Waals surface area contributed by atoms with Gasteiger partial charge in [0.15, 0.2) is 0 Å². The number of hydrogen-bond acceptors (Lipinski definition) is 1. The van der Waals surface area contributed by atoms with Gasteiger partial charge in [-0.15, -0.1) is 0 Å². The Morgan fingerprint density at radius 2 is 2.18 bits per heavy atom. The van der Waals surface area contributed by atoms with Crippen molar-refractivity contribution in [3.05, 3.63) is 34.6 Å². The fourth-order valence-corrected chi connectivity index (χ4v) is 2.31. The summed E-state index contributed by atoms with van der Waals surface area (Å²) in [5, 5.41) is 3.15. The van der Waals surface area contributed by atoms with Crippen LogP contribution in [-0.4, -0.2) is 13.1 Å². The second-order valence-electron chi connectivity index (χ2n) is 4.39. The van der Waals surface area contributed by atoms with Gasteiger partial charge in [-0.25, -0.2) is 13.2 Å². The van der Waals surface area contributed by atoms with Gasteiger partial charge in [-0.2, -0.15) is 0 Å². The summed E-state index contributed by atoms with van der Waals surface area (Å²) in [6.45, 7) is 1.32. The molecule has 0 spiro atoms. The van der Waals surface area contributed by atoms with E-state index in [1.165, 1.54) is 6.07 Å². The van der Waals surface area contributed by atoms with Crippen LogP contribution in [0.1, 0.15) is 18.4 Å². The smallest absolute Gasteiger partial charge is 0.276 e. The predicted octanol–water partition coefficient (Wildman–Crippen LogP) is 3.57. The van der Waals surface area contributed by atoms with E-state index >= 15 is 0 Å². The zero-order valence-corrected chi connectivity index (χ0v) is 9.91. The van der Waals surface area contributed by atoms with E-state index in [2.05, 4.69) is 5.32 Å². The Labute approximate surface area is 103 Å². The first kappa shape index (κ1) is 12.7. The second kappa shape index (κ2) is 4.86. The molecule has 1 N–H and O–H groups in total. The third-order valence-electron chi connectivity index (χ3n) is 3.03. The van der Waals surface area contributed by atoms with E-state index < -0.39 is 17.3 Å². The number of halogens is 4. The molecule has 0 saturated carbocycles. The van der Waals surface area contributed by atoms with E-state index in [-0.39, 0.29) is 17.4 Å². The Balaban J connectivity index is 2.20. The minimum atomic E-state index is -3.16. The SMILES string of the molecule is Fc1ccc(Cl)cc1C(F)(F)CC1CCNC1. The second-order valence-corrected chi connectivity index (χ2v) is 4.83. The van der Waals surface area contributed by atoms with Gasteiger partial charge in [0.25, 0.3) is 5.92 Å². The summed E-state index contributed by atoms with van der Waals surface area (Å²) in [6, 6.07) is 3.27. The van der Waals surface area contributed by atoms with Crippen LogP contribution < -0.4 is 5.32 Å². The van der Waals surface area contributed by atoms with Crippen molar-refractivity contribution in [1.82, 2.24) is 5.32 Å². The lowest BCUT2D eigenvalue weighted by Crippen LogP contribution is -2.21. The molecule has 1 heterocycles. The quantitative estimate of drug-likeness (QED) is 0.879. The third-order valence-corrected chi connectivity index (χ3v) is 3.26. The lowest BCUT2D eigenvalue weighted by atomic mass is 9.95. The van der Waals surface area contributed by atoms with Crippen molar-refractivity contribution in [2.75, 3.05) is 13.1 Å². The molecule has 1 atom stereocenters. The number of rotatable bonds is 3. The van der Waals surface area contributed by atoms with Crippen LogP contribution in [0, 0.1) is 11.7 Å². The van der Waals surface area contributed by atoms with Crippen molar-refractivity contribution in [2.45, 2.75) is 18.8 Å². The van der Waals surface area contributed by atoms with E-state index in [9.17, 15) is 13.2 Å². The maximum absolute atomic E-state index is 13.9. The van der Waals surface area contributed by atoms with Crippen LogP contribution in [0.4, 0.5) is 13.2 Å². The van der Waals surface area contributed by atoms with Gasteiger partial charge in [0.05, 0.1) is 5.56 Å². The molecule has 1 aromatic carbocycles. The van der Waals surface area contributed by atoms with Crippen LogP contribution in [-0.2, 0) is 5.92 Å². The molecule has 1 saturated heterocycles. The van der Waals surface area contributed by atoms with Crippen molar-refractivity contribution >= 4 is 11.6 Å². The summed E-state index contributed by atoms with van der Waals surface area (Å²) in [6.07, 6.45) is 0.370. The molecule has 0 radical (unpaired) electrons. The number of nitrogens with one attached hydrogen (secondary N) is 1. The van der Waals surface area contributed by atoms with Crippen molar-refractivity contribution in [2.24, 2.45) is 5.92 Å². The molecule has 5 heteroatoms. The van der Waals surface area contributed by atoms with Crippen LogP contribution in [0.2, 0.25) is 5.02 Å². The number of hydrogen-bond donors (Lipinski definition) is 1. The van der Waals surface area contributed by atoms with E-state index in [0.29, 0.717) is 13.0 Å². The van der Waals surface area contributed by atoms with Gasteiger partial charge >= 0.3 is 0 Å². The minimum absolute atomic E-state index is 0.108. The minimum Gasteiger partial charge on any atom is -0.316 e. The molecular formula is C12H13ClF3N. The molecule has 1 aliphatic heterocycles. The molecule has 0 bridgehead atoms. The Morgan fingerprint density at radius 3 is 2.82 bits per heavy atom. The molecule has 0 aromatic heterocycles. The number of alkyl halides is 2. The molecule has 2 rings (SSSR count). The predicted molar refractivity (Wildman–Crippen MR) is 60.9 cm³/mol. The Hall–Kier alpha value is -0.740. The molecule has 1 nitrogen and oxygen atoms in total. The summed E-state index contributed by atoms with van der Waals surface area (Å²) in [4.78, 5) is 0. The highest BCUT2D eigenvalue weighted by atomic mass is 35.5. The lowest BCUT2D eigenvalue weighted by Gasteiger charge is -2.20. The van der Waals surface area contributed by atoms with E-state index in [1.807, 2.05) is 0 Å². The molecule has 1 aromatic rings. The van der Waals surface area contributed by atoms with E-state index in [0.717, 1.165) is 18.7 Å². The molecule has 94 valence electrons. The van der Waals surface area contributed by atoms with Crippen LogP contribution in [0.15, 0.2) is 18.2 Å². The van der Waals surface area contributed by atoms with E-state index in [1.54, 1.807) is 0 Å². The van der Waals surface area contributed by atoms with Crippen molar-refractivity contribution in [3.8, 4) is 0 Å². The maximum atomic E-state index is 13.9. The van der Waals surface area contributed by atoms with Gasteiger partial charge in [-0.05, 0) is 43.6 Å². The highest BCUT2D eigenvalue weighted by Crippen LogP contribution is 2.38. The van der Waals surface area contributed by atoms with Gasteiger partial charge in [0.2, 0.25) is 0 Å². The van der Waals surface area contributed by atoms with Crippen molar-refractivity contribution < 1.29 is 13.2 Å². The molecule has 1 aliphatic rings. The summed E-state index contributed by atoms with van der Waals surface area (Å²) < 4.78 is 41.2. The largest absolute Gasteiger partial charge is 0.316 e. The monoisotopic (exact) mass is 263 g/mol. The van der Waals surface area contributed by atoms with E-state index in [4.69, 9.17) is 11.6 Å². The first-order valence-electron chi connectivity index (χ1n) is 5.53. The van der Waals surface area contributed by atoms with Crippen LogP contribution in [0.3, 0.4) is 0 Å². The summed E-state index contributed by atoms with van der Waals surface area (Å²) >= 11 is 5.63. The van der Waals surface area contributed by atoms with Crippen LogP contribution >= 0.6 is 11.6 Å². The molecule has 1 fully saturated rings. The molecule has 17 heavy (non-hydrogen) atoms. The zero-order valence-electron chi connectivity index (χ0n) is 9.15. The van der Waals surface area contributed by atoms with Gasteiger partial charge in [0, 0.05) is 11.4 Å². The fraction of sp³-hybridized carbons (Fsp3) is 0.500. The molecule has 1 unspecified atom stereocenters. The van der Waals surface area contributed by atoms with Crippen LogP contribution in [0.5, 0.6) is 0 Å². The molecular weight excluding hydrogens is 251 g/mol. The average Bonchev–Trinajstić information content (AvgIpc) is 2.73. The average molecular weight is 264 g/mol. The zero-order chi connectivity index (χ0) is 12.5. The highest BCUT2D eigenvalue weighted by molar-refractivity contribution is 6.30. The van der Waals surface area contributed by atoms with Crippen LogP contribution in [0.25, 0.3) is 0 Å². The normalized spacial score (nSPS) is 20.8. The summed E-state index contributed by atoms with van der Waals surface area (Å²) in [7, 11) is 0. The fourth-order valence-electron chi connectivity index (χ4n) is 2.14. The standard InChI is InChI=1S/C12H13ClF3N/c13-9-1-2-11(14)10(5-9)12(15,16)6-8-3-4-17-7-8/h1-2,5,8,17H,3-4,6-7H2. The Morgan fingerprint density at radius 1 is 1.41 bits per heavy atom. The number of benzene rings is 1. The first-order chi connectivity index (χ1) is 7.99. The lowest BCUT2D eigenvalue weighted by molar-refractivity contribution is -0.0299. The van der Waals surface area contributed by atoms with Crippen molar-refractivity contribution in [3.63, 3.8) is 0 Å². The first-order valence-corrected chi connectivity index (χ1v) is 5.91. The van der Waals surface area contributed by atoms with Gasteiger partial charge in [0.1, 0.15) is 5.82 Å². The Kier molecular flexibility index (Phi) is 3.64. The summed E-state index contributed by atoms with van der Waals surface area (Å²) in [5.74, 6) is -4.17. The highest BCUT2D eigenvalue weighted by Gasteiger charge is 2.38. The third kappa shape index (κ3) is 2.93.